The Labute approximate surface area is 104 Å². The summed E-state index contributed by atoms with van der Waals surface area (Å²) in [6, 6.07) is 4.56. The lowest BCUT2D eigenvalue weighted by molar-refractivity contribution is -0.137. The number of benzene rings is 1. The van der Waals surface area contributed by atoms with Crippen LogP contribution in [0.3, 0.4) is 0 Å². The van der Waals surface area contributed by atoms with Gasteiger partial charge >= 0.3 is 6.18 Å². The predicted molar refractivity (Wildman–Crippen MR) is 58.2 cm³/mol. The summed E-state index contributed by atoms with van der Waals surface area (Å²) in [4.78, 5) is 0. The van der Waals surface area contributed by atoms with E-state index in [1.165, 1.54) is 16.4 Å². The van der Waals surface area contributed by atoms with Crippen LogP contribution in [0, 0.1) is 0 Å². The van der Waals surface area contributed by atoms with Crippen LogP contribution in [-0.2, 0) is 17.4 Å². The maximum atomic E-state index is 12.4. The summed E-state index contributed by atoms with van der Waals surface area (Å²) in [5, 5.41) is 0. The summed E-state index contributed by atoms with van der Waals surface area (Å²) in [6.45, 7) is 0.443. The van der Waals surface area contributed by atoms with E-state index in [1.807, 2.05) is 0 Å². The van der Waals surface area contributed by atoms with Crippen LogP contribution in [0.25, 0.3) is 0 Å². The molecule has 18 heavy (non-hydrogen) atoms. The SMILES string of the molecule is O=S(O)N1CC(Oc2cccc(C(F)(F)F)c2)C1. The largest absolute Gasteiger partial charge is 0.488 e. The normalized spacial score (nSPS) is 19.3. The summed E-state index contributed by atoms with van der Waals surface area (Å²) in [7, 11) is 0. The second-order valence-corrected chi connectivity index (χ2v) is 4.82. The van der Waals surface area contributed by atoms with Crippen molar-refractivity contribution in [3.05, 3.63) is 29.8 Å². The van der Waals surface area contributed by atoms with Crippen molar-refractivity contribution in [3.63, 3.8) is 0 Å². The quantitative estimate of drug-likeness (QED) is 0.861. The average Bonchev–Trinajstić information content (AvgIpc) is 2.21. The van der Waals surface area contributed by atoms with E-state index in [-0.39, 0.29) is 24.9 Å². The number of hydrogen-bond acceptors (Lipinski definition) is 2. The van der Waals surface area contributed by atoms with Gasteiger partial charge in [0.05, 0.1) is 18.7 Å². The molecule has 0 bridgehead atoms. The highest BCUT2D eigenvalue weighted by atomic mass is 32.2. The number of alkyl halides is 3. The predicted octanol–water partition coefficient (Wildman–Crippen LogP) is 1.91. The van der Waals surface area contributed by atoms with Crippen molar-refractivity contribution >= 4 is 11.3 Å². The third-order valence-electron chi connectivity index (χ3n) is 2.50. The van der Waals surface area contributed by atoms with Crippen molar-refractivity contribution in [1.82, 2.24) is 4.31 Å². The van der Waals surface area contributed by atoms with E-state index in [1.54, 1.807) is 0 Å². The minimum absolute atomic E-state index is 0.109. The molecule has 1 fully saturated rings. The van der Waals surface area contributed by atoms with Gasteiger partial charge < -0.3 is 4.74 Å². The topological polar surface area (TPSA) is 49.8 Å². The molecule has 0 saturated carbocycles. The molecule has 8 heteroatoms. The molecule has 0 aromatic heterocycles. The van der Waals surface area contributed by atoms with E-state index in [0.717, 1.165) is 12.1 Å². The Balaban J connectivity index is 1.97. The molecule has 1 saturated heterocycles. The van der Waals surface area contributed by atoms with Gasteiger partial charge in [-0.3, -0.25) is 4.55 Å². The molecule has 2 rings (SSSR count). The van der Waals surface area contributed by atoms with E-state index in [0.29, 0.717) is 0 Å². The van der Waals surface area contributed by atoms with Gasteiger partial charge in [0.1, 0.15) is 11.9 Å². The van der Waals surface area contributed by atoms with E-state index in [2.05, 4.69) is 0 Å². The Bertz CT molecular complexity index is 460. The van der Waals surface area contributed by atoms with Gasteiger partial charge in [0.25, 0.3) is 0 Å². The van der Waals surface area contributed by atoms with Crippen molar-refractivity contribution in [2.45, 2.75) is 12.3 Å². The number of halogens is 3. The molecular formula is C10H10F3NO3S. The molecule has 0 amide bonds. The minimum Gasteiger partial charge on any atom is -0.488 e. The van der Waals surface area contributed by atoms with Gasteiger partial charge in [-0.2, -0.15) is 17.5 Å². The highest BCUT2D eigenvalue weighted by Gasteiger charge is 2.33. The summed E-state index contributed by atoms with van der Waals surface area (Å²) in [5.41, 5.74) is -0.776. The molecule has 1 aromatic rings. The highest BCUT2D eigenvalue weighted by Crippen LogP contribution is 2.31. The molecule has 0 spiro atoms. The summed E-state index contributed by atoms with van der Waals surface area (Å²) in [6.07, 6.45) is -4.76. The lowest BCUT2D eigenvalue weighted by Gasteiger charge is -2.35. The van der Waals surface area contributed by atoms with E-state index in [4.69, 9.17) is 9.29 Å². The van der Waals surface area contributed by atoms with Gasteiger partial charge in [-0.05, 0) is 18.2 Å². The van der Waals surface area contributed by atoms with Crippen molar-refractivity contribution < 1.29 is 26.7 Å². The van der Waals surface area contributed by atoms with Crippen molar-refractivity contribution in [2.24, 2.45) is 0 Å². The smallest absolute Gasteiger partial charge is 0.416 e. The fourth-order valence-corrected chi connectivity index (χ4v) is 2.13. The third kappa shape index (κ3) is 3.01. The summed E-state index contributed by atoms with van der Waals surface area (Å²) < 4.78 is 63.1. The average molecular weight is 281 g/mol. The summed E-state index contributed by atoms with van der Waals surface area (Å²) >= 11 is -2.05. The van der Waals surface area contributed by atoms with Gasteiger partial charge in [-0.1, -0.05) is 6.07 Å². The molecular weight excluding hydrogens is 271 g/mol. The molecule has 0 radical (unpaired) electrons. The van der Waals surface area contributed by atoms with Crippen LogP contribution < -0.4 is 4.74 Å². The van der Waals surface area contributed by atoms with Crippen molar-refractivity contribution in [3.8, 4) is 5.75 Å². The zero-order valence-electron chi connectivity index (χ0n) is 9.05. The first-order chi connectivity index (χ1) is 8.36. The summed E-state index contributed by atoms with van der Waals surface area (Å²) in [5.74, 6) is 0.109. The van der Waals surface area contributed by atoms with Crippen LogP contribution in [0.4, 0.5) is 13.2 Å². The van der Waals surface area contributed by atoms with Gasteiger partial charge in [-0.15, -0.1) is 0 Å². The van der Waals surface area contributed by atoms with E-state index < -0.39 is 23.0 Å². The first-order valence-electron chi connectivity index (χ1n) is 5.06. The van der Waals surface area contributed by atoms with Gasteiger partial charge in [0.2, 0.25) is 11.3 Å². The molecule has 100 valence electrons. The standard InChI is InChI=1S/C10H10F3NO3S/c11-10(12,13)7-2-1-3-8(4-7)17-9-5-14(6-9)18(15)16/h1-4,9H,5-6H2,(H,15,16). The van der Waals surface area contributed by atoms with Crippen LogP contribution in [0.15, 0.2) is 24.3 Å². The highest BCUT2D eigenvalue weighted by molar-refractivity contribution is 7.76. The van der Waals surface area contributed by atoms with Crippen LogP contribution in [0.2, 0.25) is 0 Å². The zero-order valence-corrected chi connectivity index (χ0v) is 9.87. The van der Waals surface area contributed by atoms with Crippen LogP contribution in [0.5, 0.6) is 5.75 Å². The second kappa shape index (κ2) is 4.87. The molecule has 1 heterocycles. The van der Waals surface area contributed by atoms with Gasteiger partial charge in [0, 0.05) is 0 Å². The minimum atomic E-state index is -4.41. The molecule has 1 aliphatic rings. The second-order valence-electron chi connectivity index (χ2n) is 3.84. The van der Waals surface area contributed by atoms with Gasteiger partial charge in [-0.25, -0.2) is 4.21 Å². The first kappa shape index (κ1) is 13.3. The molecule has 4 nitrogen and oxygen atoms in total. The van der Waals surface area contributed by atoms with Gasteiger partial charge in [0.15, 0.2) is 0 Å². The fourth-order valence-electron chi connectivity index (χ4n) is 1.54. The zero-order chi connectivity index (χ0) is 13.3. The first-order valence-corrected chi connectivity index (χ1v) is 6.12. The molecule has 1 aliphatic heterocycles. The number of ether oxygens (including phenoxy) is 1. The van der Waals surface area contributed by atoms with Crippen LogP contribution in [0.1, 0.15) is 5.56 Å². The fraction of sp³-hybridized carbons (Fsp3) is 0.400. The lowest BCUT2D eigenvalue weighted by atomic mass is 10.2. The van der Waals surface area contributed by atoms with Crippen molar-refractivity contribution in [1.29, 1.82) is 0 Å². The monoisotopic (exact) mass is 281 g/mol. The Morgan fingerprint density at radius 1 is 1.39 bits per heavy atom. The third-order valence-corrected chi connectivity index (χ3v) is 3.24. The number of nitrogens with zero attached hydrogens (tertiary/aromatic N) is 1. The molecule has 1 aromatic carbocycles. The molecule has 1 atom stereocenters. The molecule has 1 N–H and O–H groups in total. The van der Waals surface area contributed by atoms with Crippen molar-refractivity contribution in [2.75, 3.05) is 13.1 Å². The molecule has 0 aliphatic carbocycles. The maximum Gasteiger partial charge on any atom is 0.416 e. The maximum absolute atomic E-state index is 12.4. The Morgan fingerprint density at radius 3 is 2.61 bits per heavy atom. The number of hydrogen-bond donors (Lipinski definition) is 1. The van der Waals surface area contributed by atoms with E-state index >= 15 is 0 Å². The number of rotatable bonds is 3. The Morgan fingerprint density at radius 2 is 2.06 bits per heavy atom. The van der Waals surface area contributed by atoms with E-state index in [9.17, 15) is 17.4 Å². The molecule has 1 unspecified atom stereocenters. The van der Waals surface area contributed by atoms with Crippen LogP contribution in [-0.4, -0.2) is 32.3 Å². The van der Waals surface area contributed by atoms with Crippen LogP contribution >= 0.6 is 0 Å². The Kier molecular flexibility index (Phi) is 3.60. The Hall–Kier alpha value is -1.12. The lowest BCUT2D eigenvalue weighted by Crippen LogP contribution is -2.54.